The normalized spacial score (nSPS) is 15.0. The Morgan fingerprint density at radius 1 is 1.07 bits per heavy atom. The molecule has 0 saturated carbocycles. The van der Waals surface area contributed by atoms with E-state index in [4.69, 9.17) is 14.2 Å². The smallest absolute Gasteiger partial charge is 0.265 e. The molecular formula is C22H26N2O5. The van der Waals surface area contributed by atoms with Crippen LogP contribution in [0.1, 0.15) is 44.0 Å². The van der Waals surface area contributed by atoms with Gasteiger partial charge in [0.05, 0.1) is 18.9 Å². The summed E-state index contributed by atoms with van der Waals surface area (Å²) in [5.74, 6) is 1.24. The van der Waals surface area contributed by atoms with E-state index in [2.05, 4.69) is 10.6 Å². The number of hydrogen-bond acceptors (Lipinski definition) is 5. The van der Waals surface area contributed by atoms with Crippen LogP contribution in [0.4, 0.5) is 11.4 Å². The zero-order valence-electron chi connectivity index (χ0n) is 16.9. The summed E-state index contributed by atoms with van der Waals surface area (Å²) in [6.07, 6.45) is 1.19. The molecule has 1 aliphatic rings. The molecule has 7 nitrogen and oxygen atoms in total. The Bertz CT molecular complexity index is 897. The molecule has 154 valence electrons. The summed E-state index contributed by atoms with van der Waals surface area (Å²) < 4.78 is 17.0. The van der Waals surface area contributed by atoms with Gasteiger partial charge < -0.3 is 24.8 Å². The van der Waals surface area contributed by atoms with Gasteiger partial charge in [-0.2, -0.15) is 0 Å². The lowest BCUT2D eigenvalue weighted by Gasteiger charge is -2.23. The third-order valence-electron chi connectivity index (χ3n) is 4.30. The van der Waals surface area contributed by atoms with Gasteiger partial charge >= 0.3 is 0 Å². The lowest BCUT2D eigenvalue weighted by molar-refractivity contribution is -0.122. The van der Waals surface area contributed by atoms with Gasteiger partial charge in [0, 0.05) is 11.3 Å². The van der Waals surface area contributed by atoms with Crippen molar-refractivity contribution in [2.75, 3.05) is 23.8 Å². The Hall–Kier alpha value is -3.22. The maximum atomic E-state index is 12.7. The first kappa shape index (κ1) is 20.5. The first-order valence-corrected chi connectivity index (χ1v) is 9.84. The van der Waals surface area contributed by atoms with E-state index in [0.29, 0.717) is 47.4 Å². The molecule has 1 aliphatic heterocycles. The van der Waals surface area contributed by atoms with E-state index < -0.39 is 6.10 Å². The number of amides is 2. The molecule has 0 aliphatic carbocycles. The Morgan fingerprint density at radius 2 is 1.79 bits per heavy atom. The van der Waals surface area contributed by atoms with Crippen molar-refractivity contribution in [3.8, 4) is 17.2 Å². The van der Waals surface area contributed by atoms with Crippen LogP contribution in [-0.2, 0) is 4.79 Å². The molecule has 1 heterocycles. The Morgan fingerprint density at radius 3 is 2.52 bits per heavy atom. The van der Waals surface area contributed by atoms with Crippen molar-refractivity contribution in [3.63, 3.8) is 0 Å². The highest BCUT2D eigenvalue weighted by Crippen LogP contribution is 2.33. The molecule has 29 heavy (non-hydrogen) atoms. The molecule has 0 spiro atoms. The fourth-order valence-electron chi connectivity index (χ4n) is 2.80. The molecular weight excluding hydrogens is 372 g/mol. The van der Waals surface area contributed by atoms with E-state index in [1.54, 1.807) is 43.3 Å². The third kappa shape index (κ3) is 4.99. The lowest BCUT2D eigenvalue weighted by Crippen LogP contribution is -2.34. The van der Waals surface area contributed by atoms with Crippen LogP contribution in [0.2, 0.25) is 0 Å². The van der Waals surface area contributed by atoms with Crippen molar-refractivity contribution in [2.45, 2.75) is 39.7 Å². The van der Waals surface area contributed by atoms with Crippen LogP contribution < -0.4 is 24.8 Å². The summed E-state index contributed by atoms with van der Waals surface area (Å²) in [7, 11) is 0. The van der Waals surface area contributed by atoms with Crippen LogP contribution >= 0.6 is 0 Å². The van der Waals surface area contributed by atoms with Crippen molar-refractivity contribution in [2.24, 2.45) is 0 Å². The van der Waals surface area contributed by atoms with Crippen LogP contribution in [0.5, 0.6) is 17.2 Å². The maximum Gasteiger partial charge on any atom is 0.265 e. The minimum absolute atomic E-state index is 0.221. The van der Waals surface area contributed by atoms with Gasteiger partial charge in [-0.25, -0.2) is 0 Å². The minimum Gasteiger partial charge on any atom is -0.490 e. The molecule has 0 aromatic heterocycles. The van der Waals surface area contributed by atoms with Gasteiger partial charge in [0.15, 0.2) is 17.6 Å². The average molecular weight is 398 g/mol. The first-order valence-electron chi connectivity index (χ1n) is 9.84. The zero-order chi connectivity index (χ0) is 20.8. The number of rotatable bonds is 8. The molecule has 0 radical (unpaired) electrons. The Labute approximate surface area is 170 Å². The van der Waals surface area contributed by atoms with Crippen molar-refractivity contribution in [3.05, 3.63) is 42.0 Å². The molecule has 0 saturated heterocycles. The van der Waals surface area contributed by atoms with Gasteiger partial charge in [0.25, 0.3) is 11.8 Å². The van der Waals surface area contributed by atoms with Crippen LogP contribution in [-0.4, -0.2) is 31.1 Å². The molecule has 0 fully saturated rings. The van der Waals surface area contributed by atoms with Gasteiger partial charge in [-0.1, -0.05) is 13.8 Å². The van der Waals surface area contributed by atoms with E-state index in [-0.39, 0.29) is 11.8 Å². The van der Waals surface area contributed by atoms with Crippen LogP contribution in [0.3, 0.4) is 0 Å². The Balaban J connectivity index is 1.76. The highest BCUT2D eigenvalue weighted by Gasteiger charge is 2.23. The summed E-state index contributed by atoms with van der Waals surface area (Å²) in [4.78, 5) is 24.5. The SMILES string of the molecule is CCCOc1ccc(C(=O)Nc2ccc3c(c2)NC(=O)[C@H](C)O3)cc1OCCC. The standard InChI is InChI=1S/C22H26N2O5/c1-4-10-27-19-8-6-15(12-20(19)28-11-5-2)22(26)23-16-7-9-18-17(13-16)24-21(25)14(3)29-18/h6-9,12-14H,4-5,10-11H2,1-3H3,(H,23,26)(H,24,25)/t14-/m0/s1. The summed E-state index contributed by atoms with van der Waals surface area (Å²) in [5, 5.41) is 5.61. The lowest BCUT2D eigenvalue weighted by atomic mass is 10.1. The van der Waals surface area contributed by atoms with Crippen LogP contribution in [0.15, 0.2) is 36.4 Å². The number of carbonyl (C=O) groups excluding carboxylic acids is 2. The predicted octanol–water partition coefficient (Wildman–Crippen LogP) is 4.24. The molecule has 2 aromatic rings. The molecule has 7 heteroatoms. The van der Waals surface area contributed by atoms with E-state index >= 15 is 0 Å². The maximum absolute atomic E-state index is 12.7. The van der Waals surface area contributed by atoms with Gasteiger partial charge in [-0.15, -0.1) is 0 Å². The van der Waals surface area contributed by atoms with Crippen molar-refractivity contribution in [1.29, 1.82) is 0 Å². The number of ether oxygens (including phenoxy) is 3. The van der Waals surface area contributed by atoms with E-state index in [1.165, 1.54) is 0 Å². The summed E-state index contributed by atoms with van der Waals surface area (Å²) in [6, 6.07) is 10.2. The van der Waals surface area contributed by atoms with Gasteiger partial charge in [-0.3, -0.25) is 9.59 Å². The Kier molecular flexibility index (Phi) is 6.59. The monoisotopic (exact) mass is 398 g/mol. The van der Waals surface area contributed by atoms with Gasteiger partial charge in [-0.05, 0) is 56.2 Å². The van der Waals surface area contributed by atoms with Gasteiger partial charge in [0.2, 0.25) is 0 Å². The second-order valence-electron chi connectivity index (χ2n) is 6.77. The highest BCUT2D eigenvalue weighted by molar-refractivity contribution is 6.05. The van der Waals surface area contributed by atoms with Gasteiger partial charge in [0.1, 0.15) is 5.75 Å². The van der Waals surface area contributed by atoms with Crippen molar-refractivity contribution in [1.82, 2.24) is 0 Å². The number of anilines is 2. The number of fused-ring (bicyclic) bond motifs is 1. The fourth-order valence-corrected chi connectivity index (χ4v) is 2.80. The molecule has 2 aromatic carbocycles. The zero-order valence-corrected chi connectivity index (χ0v) is 16.9. The first-order chi connectivity index (χ1) is 14.0. The highest BCUT2D eigenvalue weighted by atomic mass is 16.5. The molecule has 2 N–H and O–H groups in total. The van der Waals surface area contributed by atoms with Crippen LogP contribution in [0, 0.1) is 0 Å². The van der Waals surface area contributed by atoms with E-state index in [9.17, 15) is 9.59 Å². The minimum atomic E-state index is -0.544. The molecule has 2 amide bonds. The number of benzene rings is 2. The van der Waals surface area contributed by atoms with E-state index in [1.807, 2.05) is 13.8 Å². The second kappa shape index (κ2) is 9.32. The summed E-state index contributed by atoms with van der Waals surface area (Å²) >= 11 is 0. The number of carbonyl (C=O) groups is 2. The molecule has 0 bridgehead atoms. The second-order valence-corrected chi connectivity index (χ2v) is 6.77. The predicted molar refractivity (Wildman–Crippen MR) is 111 cm³/mol. The fraction of sp³-hybridized carbons (Fsp3) is 0.364. The number of hydrogen-bond donors (Lipinski definition) is 2. The quantitative estimate of drug-likeness (QED) is 0.695. The topological polar surface area (TPSA) is 85.9 Å². The number of nitrogens with one attached hydrogen (secondary N) is 2. The van der Waals surface area contributed by atoms with Crippen molar-refractivity contribution >= 4 is 23.2 Å². The molecule has 1 atom stereocenters. The molecule has 3 rings (SSSR count). The third-order valence-corrected chi connectivity index (χ3v) is 4.30. The average Bonchev–Trinajstić information content (AvgIpc) is 2.72. The molecule has 0 unspecified atom stereocenters. The van der Waals surface area contributed by atoms with Crippen molar-refractivity contribution < 1.29 is 23.8 Å². The largest absolute Gasteiger partial charge is 0.490 e. The summed E-state index contributed by atoms with van der Waals surface area (Å²) in [6.45, 7) is 6.84. The van der Waals surface area contributed by atoms with E-state index in [0.717, 1.165) is 12.8 Å². The van der Waals surface area contributed by atoms with Crippen LogP contribution in [0.25, 0.3) is 0 Å². The summed E-state index contributed by atoms with van der Waals surface area (Å²) in [5.41, 5.74) is 1.53.